The number of aliphatic carboxylic acids is 1. The largest absolute Gasteiger partial charge is 0.490 e. The van der Waals surface area contributed by atoms with E-state index in [0.717, 1.165) is 68.1 Å². The molecule has 11 nitrogen and oxygen atoms in total. The van der Waals surface area contributed by atoms with E-state index in [2.05, 4.69) is 42.6 Å². The molecular formula is C30H42N8O3. The Hall–Kier alpha value is -3.99. The summed E-state index contributed by atoms with van der Waals surface area (Å²) in [5.74, 6) is 2.09. The van der Waals surface area contributed by atoms with Gasteiger partial charge in [-0.1, -0.05) is 6.07 Å². The molecule has 3 N–H and O–H groups in total. The number of hydrogen-bond donors (Lipinski definition) is 3. The van der Waals surface area contributed by atoms with E-state index in [1.54, 1.807) is 12.3 Å². The molecule has 0 saturated carbocycles. The predicted octanol–water partition coefficient (Wildman–Crippen LogP) is 3.66. The third-order valence-corrected chi connectivity index (χ3v) is 7.20. The summed E-state index contributed by atoms with van der Waals surface area (Å²) in [7, 11) is 3.76. The molecule has 0 aromatic carbocycles. The number of pyridine rings is 2. The van der Waals surface area contributed by atoms with Crippen LogP contribution in [0.4, 0.5) is 17.5 Å². The van der Waals surface area contributed by atoms with Crippen LogP contribution in [0.25, 0.3) is 0 Å². The fraction of sp³-hybridized carbons (Fsp3) is 0.500. The highest BCUT2D eigenvalue weighted by Gasteiger charge is 2.20. The minimum absolute atomic E-state index is 0.417. The number of fused-ring (bicyclic) bond motifs is 1. The summed E-state index contributed by atoms with van der Waals surface area (Å²) >= 11 is 0. The molecule has 220 valence electrons. The topological polar surface area (TPSA) is 129 Å². The van der Waals surface area contributed by atoms with Gasteiger partial charge in [0.1, 0.15) is 42.2 Å². The number of nitrogens with zero attached hydrogens (tertiary/aromatic N) is 6. The maximum Gasteiger partial charge on any atom is 0.326 e. The highest BCUT2D eigenvalue weighted by molar-refractivity contribution is 5.77. The number of carboxylic acids is 1. The molecule has 0 fully saturated rings. The average molecular weight is 563 g/mol. The third-order valence-electron chi connectivity index (χ3n) is 7.20. The molecule has 0 amide bonds. The maximum absolute atomic E-state index is 12.1. The summed E-state index contributed by atoms with van der Waals surface area (Å²) in [6.45, 7) is 5.53. The van der Waals surface area contributed by atoms with Crippen LogP contribution in [0.15, 0.2) is 42.9 Å². The molecule has 4 rings (SSSR count). The minimum atomic E-state index is -0.913. The lowest BCUT2D eigenvalue weighted by Crippen LogP contribution is -2.37. The van der Waals surface area contributed by atoms with Crippen molar-refractivity contribution in [2.45, 2.75) is 51.5 Å². The van der Waals surface area contributed by atoms with E-state index < -0.39 is 12.0 Å². The van der Waals surface area contributed by atoms with Crippen LogP contribution in [0.3, 0.4) is 0 Å². The molecule has 1 aliphatic heterocycles. The summed E-state index contributed by atoms with van der Waals surface area (Å²) in [6, 6.07) is 9.10. The van der Waals surface area contributed by atoms with Crippen molar-refractivity contribution in [2.24, 2.45) is 0 Å². The van der Waals surface area contributed by atoms with Gasteiger partial charge < -0.3 is 25.4 Å². The zero-order valence-electron chi connectivity index (χ0n) is 24.3. The van der Waals surface area contributed by atoms with Gasteiger partial charge in [0.2, 0.25) is 0 Å². The first-order valence-electron chi connectivity index (χ1n) is 14.4. The second kappa shape index (κ2) is 15.1. The van der Waals surface area contributed by atoms with Crippen molar-refractivity contribution in [1.82, 2.24) is 24.8 Å². The Labute approximate surface area is 242 Å². The first-order valence-corrected chi connectivity index (χ1v) is 14.4. The number of rotatable bonds is 16. The van der Waals surface area contributed by atoms with Crippen LogP contribution in [0.1, 0.15) is 42.6 Å². The molecule has 0 unspecified atom stereocenters. The maximum atomic E-state index is 12.1. The van der Waals surface area contributed by atoms with E-state index in [-0.39, 0.29) is 0 Å². The van der Waals surface area contributed by atoms with Crippen molar-refractivity contribution in [3.05, 3.63) is 59.8 Å². The molecule has 0 saturated heterocycles. The van der Waals surface area contributed by atoms with Crippen molar-refractivity contribution in [3.8, 4) is 5.75 Å². The first kappa shape index (κ1) is 30.0. The van der Waals surface area contributed by atoms with Crippen molar-refractivity contribution < 1.29 is 14.6 Å². The van der Waals surface area contributed by atoms with E-state index >= 15 is 0 Å². The molecule has 11 heteroatoms. The Morgan fingerprint density at radius 1 is 1.15 bits per heavy atom. The van der Waals surface area contributed by atoms with Gasteiger partial charge in [-0.3, -0.25) is 9.88 Å². The third kappa shape index (κ3) is 9.28. The highest BCUT2D eigenvalue weighted by Crippen LogP contribution is 2.20. The molecule has 0 aliphatic carbocycles. The van der Waals surface area contributed by atoms with Crippen molar-refractivity contribution in [3.63, 3.8) is 0 Å². The number of carboxylic acid groups (broad SMARTS) is 1. The van der Waals surface area contributed by atoms with E-state index in [1.165, 1.54) is 11.9 Å². The zero-order valence-corrected chi connectivity index (χ0v) is 24.3. The number of anilines is 3. The van der Waals surface area contributed by atoms with Gasteiger partial charge in [0.25, 0.3) is 0 Å². The first-order chi connectivity index (χ1) is 19.9. The molecule has 1 aliphatic rings. The molecule has 1 atom stereocenters. The number of hydrogen-bond acceptors (Lipinski definition) is 10. The summed E-state index contributed by atoms with van der Waals surface area (Å²) in [6.07, 6.45) is 8.74. The number of nitrogens with one attached hydrogen (secondary N) is 2. The number of aryl methyl sites for hydroxylation is 3. The molecule has 3 aromatic rings. The van der Waals surface area contributed by atoms with E-state index in [9.17, 15) is 9.90 Å². The Bertz CT molecular complexity index is 1270. The van der Waals surface area contributed by atoms with Gasteiger partial charge >= 0.3 is 5.97 Å². The number of carbonyl (C=O) groups is 1. The highest BCUT2D eigenvalue weighted by atomic mass is 16.5. The Morgan fingerprint density at radius 2 is 2.02 bits per heavy atom. The number of aromatic nitrogens is 4. The molecule has 0 radical (unpaired) electrons. The lowest BCUT2D eigenvalue weighted by Gasteiger charge is -2.25. The normalized spacial score (nSPS) is 13.3. The second-order valence-corrected chi connectivity index (χ2v) is 10.6. The Morgan fingerprint density at radius 3 is 2.83 bits per heavy atom. The van der Waals surface area contributed by atoms with Gasteiger partial charge in [-0.05, 0) is 75.8 Å². The van der Waals surface area contributed by atoms with E-state index in [0.29, 0.717) is 37.8 Å². The number of ether oxygens (including phenoxy) is 1. The van der Waals surface area contributed by atoms with Gasteiger partial charge in [0.05, 0.1) is 5.69 Å². The van der Waals surface area contributed by atoms with Crippen LogP contribution < -0.4 is 20.3 Å². The SMILES string of the molecule is Cc1ncccc1OCCN(CCCCc1ccc2c(n1)NCCC2)CC[C@H](Nc1cc(N(C)C)ncn1)C(=O)O. The van der Waals surface area contributed by atoms with Crippen LogP contribution in [-0.2, 0) is 17.6 Å². The van der Waals surface area contributed by atoms with Gasteiger partial charge in [0.15, 0.2) is 0 Å². The zero-order chi connectivity index (χ0) is 29.0. The molecule has 41 heavy (non-hydrogen) atoms. The van der Waals surface area contributed by atoms with Crippen LogP contribution in [-0.4, -0.2) is 88.8 Å². The lowest BCUT2D eigenvalue weighted by atomic mass is 10.1. The van der Waals surface area contributed by atoms with Gasteiger partial charge in [0, 0.05) is 51.7 Å². The van der Waals surface area contributed by atoms with E-state index in [4.69, 9.17) is 9.72 Å². The van der Waals surface area contributed by atoms with Crippen molar-refractivity contribution in [2.75, 3.05) is 62.4 Å². The smallest absolute Gasteiger partial charge is 0.326 e. The lowest BCUT2D eigenvalue weighted by molar-refractivity contribution is -0.138. The summed E-state index contributed by atoms with van der Waals surface area (Å²) < 4.78 is 6.01. The van der Waals surface area contributed by atoms with Crippen LogP contribution in [0.2, 0.25) is 0 Å². The van der Waals surface area contributed by atoms with Crippen LogP contribution >= 0.6 is 0 Å². The molecule has 3 aromatic heterocycles. The van der Waals surface area contributed by atoms with E-state index in [1.807, 2.05) is 38.1 Å². The van der Waals surface area contributed by atoms with Gasteiger partial charge in [-0.25, -0.2) is 19.7 Å². The fourth-order valence-electron chi connectivity index (χ4n) is 4.81. The quantitative estimate of drug-likeness (QED) is 0.221. The second-order valence-electron chi connectivity index (χ2n) is 10.6. The van der Waals surface area contributed by atoms with Crippen molar-refractivity contribution in [1.29, 1.82) is 0 Å². The molecular weight excluding hydrogens is 520 g/mol. The monoisotopic (exact) mass is 562 g/mol. The van der Waals surface area contributed by atoms with Crippen LogP contribution in [0, 0.1) is 6.92 Å². The van der Waals surface area contributed by atoms with Gasteiger partial charge in [-0.2, -0.15) is 0 Å². The van der Waals surface area contributed by atoms with Crippen molar-refractivity contribution >= 4 is 23.4 Å². The van der Waals surface area contributed by atoms with Crippen LogP contribution in [0.5, 0.6) is 5.75 Å². The fourth-order valence-corrected chi connectivity index (χ4v) is 4.81. The molecule has 0 bridgehead atoms. The standard InChI is InChI=1S/C30H42N8O3/c1-22-26(10-7-14-31-22)41-19-18-38(16-5-4-9-24-12-11-23-8-6-15-32-29(23)35-24)17-13-25(30(39)40)36-27-20-28(37(2)3)34-21-33-27/h7,10-12,14,20-21,25H,4-6,8-9,13,15-19H2,1-3H3,(H,32,35)(H,39,40)(H,33,34,36)/t25-/m0/s1. The average Bonchev–Trinajstić information content (AvgIpc) is 2.97. The minimum Gasteiger partial charge on any atom is -0.490 e. The number of unbranched alkanes of at least 4 members (excludes halogenated alkanes) is 1. The summed E-state index contributed by atoms with van der Waals surface area (Å²) in [5, 5.41) is 16.4. The predicted molar refractivity (Wildman–Crippen MR) is 161 cm³/mol. The Balaban J connectivity index is 1.32. The molecule has 0 spiro atoms. The Kier molecular flexibility index (Phi) is 11.1. The molecule has 4 heterocycles. The summed E-state index contributed by atoms with van der Waals surface area (Å²) in [4.78, 5) is 33.8. The summed E-state index contributed by atoms with van der Waals surface area (Å²) in [5.41, 5.74) is 3.26. The van der Waals surface area contributed by atoms with Gasteiger partial charge in [-0.15, -0.1) is 0 Å².